The molecular formula is C60H62Br2N8O12. The first kappa shape index (κ1) is 58.5. The number of aliphatic imine (C=N–C) groups is 2. The number of nitrogens with one attached hydrogen (secondary N) is 3. The molecule has 7 amide bonds. The molecule has 5 aliphatic heterocycles. The van der Waals surface area contributed by atoms with E-state index in [0.717, 1.165) is 32.9 Å². The van der Waals surface area contributed by atoms with Gasteiger partial charge in [0, 0.05) is 74.9 Å². The van der Waals surface area contributed by atoms with E-state index in [1.54, 1.807) is 86.5 Å². The molecule has 0 aromatic heterocycles. The van der Waals surface area contributed by atoms with E-state index < -0.39 is 35.7 Å². The van der Waals surface area contributed by atoms with Gasteiger partial charge in [0.15, 0.2) is 23.0 Å². The first-order chi connectivity index (χ1) is 39.5. The lowest BCUT2D eigenvalue weighted by molar-refractivity contribution is -0.137. The van der Waals surface area contributed by atoms with E-state index in [2.05, 4.69) is 47.8 Å². The number of anilines is 1. The maximum absolute atomic E-state index is 14.1. The van der Waals surface area contributed by atoms with Gasteiger partial charge >= 0.3 is 0 Å². The van der Waals surface area contributed by atoms with Gasteiger partial charge in [0.25, 0.3) is 23.6 Å². The standard InChI is InChI=1S/C60H62Br2N8O12/c1-33(2)54(67-51(71)11-8-7-9-20-68-59(76)52(61)53(62)60(68)77)56(73)65-34(3)55(72)66-39-16-12-35(13-17-39)37-23-40-29-63-45-27-49(47(79-5)25-43(45)57(74)69(40)31-37)81-21-10-22-82-50-28-46-44(26-48(50)80-6)58(75)70-32-38(24-41(70)30-64-46)36-14-18-42(78-4)19-15-36/h12-19,25-34,40-41,54H,7-11,20-24H2,1-6H3,(H,65,73)(H,66,72)(H,67,71)/t34-,40-,41-,54-/m1/s1. The van der Waals surface area contributed by atoms with E-state index in [1.165, 1.54) is 14.2 Å². The number of carbonyl (C=O) groups excluding carboxylic acids is 7. The van der Waals surface area contributed by atoms with Crippen LogP contribution in [-0.2, 0) is 24.0 Å². The molecule has 0 saturated carbocycles. The zero-order valence-electron chi connectivity index (χ0n) is 46.1. The molecule has 4 aromatic carbocycles. The molecule has 5 heterocycles. The maximum atomic E-state index is 14.1. The Morgan fingerprint density at radius 3 is 1.61 bits per heavy atom. The van der Waals surface area contributed by atoms with Crippen molar-refractivity contribution in [3.05, 3.63) is 116 Å². The molecule has 0 unspecified atom stereocenters. The van der Waals surface area contributed by atoms with Gasteiger partial charge in [-0.3, -0.25) is 48.4 Å². The third-order valence-corrected chi connectivity index (χ3v) is 16.6. The molecule has 0 saturated heterocycles. The number of benzene rings is 4. The van der Waals surface area contributed by atoms with Crippen LogP contribution in [0, 0.1) is 5.92 Å². The normalized spacial score (nSPS) is 17.7. The van der Waals surface area contributed by atoms with Gasteiger partial charge in [0.2, 0.25) is 17.7 Å². The summed E-state index contributed by atoms with van der Waals surface area (Å²) in [6, 6.07) is 19.2. The summed E-state index contributed by atoms with van der Waals surface area (Å²) < 4.78 is 29.4. The smallest absolute Gasteiger partial charge is 0.269 e. The first-order valence-electron chi connectivity index (χ1n) is 26.9. The van der Waals surface area contributed by atoms with E-state index in [4.69, 9.17) is 33.7 Å². The lowest BCUT2D eigenvalue weighted by Crippen LogP contribution is -2.53. The number of carbonyl (C=O) groups is 7. The number of amides is 7. The van der Waals surface area contributed by atoms with Gasteiger partial charge in [-0.25, -0.2) is 0 Å². The second kappa shape index (κ2) is 25.8. The summed E-state index contributed by atoms with van der Waals surface area (Å²) in [6.45, 7) is 5.87. The van der Waals surface area contributed by atoms with Gasteiger partial charge in [-0.2, -0.15) is 0 Å². The largest absolute Gasteiger partial charge is 0.497 e. The highest BCUT2D eigenvalue weighted by atomic mass is 79.9. The number of ether oxygens (including phenoxy) is 5. The lowest BCUT2D eigenvalue weighted by atomic mass is 10.0. The second-order valence-corrected chi connectivity index (χ2v) is 22.0. The van der Waals surface area contributed by atoms with E-state index >= 15 is 0 Å². The van der Waals surface area contributed by atoms with E-state index in [9.17, 15) is 33.6 Å². The Morgan fingerprint density at radius 1 is 0.610 bits per heavy atom. The van der Waals surface area contributed by atoms with Gasteiger partial charge in [0.1, 0.15) is 26.8 Å². The predicted molar refractivity (Wildman–Crippen MR) is 316 cm³/mol. The molecule has 0 aliphatic carbocycles. The minimum Gasteiger partial charge on any atom is -0.497 e. The van der Waals surface area contributed by atoms with E-state index in [0.29, 0.717) is 89.7 Å². The van der Waals surface area contributed by atoms with E-state index in [-0.39, 0.29) is 70.9 Å². The number of halogens is 2. The van der Waals surface area contributed by atoms with Crippen molar-refractivity contribution in [2.24, 2.45) is 15.9 Å². The number of methoxy groups -OCH3 is 3. The summed E-state index contributed by atoms with van der Waals surface area (Å²) in [4.78, 5) is 106. The first-order valence-corrected chi connectivity index (χ1v) is 28.5. The SMILES string of the molecule is COc1ccc(C2=CN3C(=O)c4cc(OC)c(OCCCOc5cc6c(cc5OC)C(=O)N5C=C(c7ccc(NC(=O)[C@@H](C)NC(=O)[C@H](NC(=O)CCCCCN8C(=O)C(Br)=C(Br)C8=O)C(C)C)cc7)C[C@@H]5C=N6)cc4N=C[C@H]3C2)cc1. The number of nitrogens with zero attached hydrogens (tertiary/aromatic N) is 5. The number of unbranched alkanes of at least 4 members (excludes halogenated alkanes) is 2. The zero-order chi connectivity index (χ0) is 58.4. The summed E-state index contributed by atoms with van der Waals surface area (Å²) in [5.74, 6) is -0.455. The van der Waals surface area contributed by atoms with E-state index in [1.807, 2.05) is 48.8 Å². The average Bonchev–Trinajstić information content (AvgIpc) is 4.34. The van der Waals surface area contributed by atoms with Crippen LogP contribution < -0.4 is 39.6 Å². The summed E-state index contributed by atoms with van der Waals surface area (Å²) in [7, 11) is 4.65. The Hall–Kier alpha value is -8.11. The molecule has 0 bridgehead atoms. The summed E-state index contributed by atoms with van der Waals surface area (Å²) in [6.07, 6.45) is 10.5. The number of imide groups is 1. The molecule has 4 atom stereocenters. The van der Waals surface area contributed by atoms with Crippen molar-refractivity contribution in [3.8, 4) is 28.7 Å². The van der Waals surface area contributed by atoms with Crippen molar-refractivity contribution in [3.63, 3.8) is 0 Å². The molecule has 428 valence electrons. The minimum atomic E-state index is -0.935. The minimum absolute atomic E-state index is 0.142. The van der Waals surface area contributed by atoms with Crippen LogP contribution in [0.1, 0.15) is 97.6 Å². The summed E-state index contributed by atoms with van der Waals surface area (Å²) >= 11 is 6.23. The topological polar surface area (TPSA) is 236 Å². The van der Waals surface area contributed by atoms with Crippen molar-refractivity contribution < 1.29 is 57.2 Å². The summed E-state index contributed by atoms with van der Waals surface area (Å²) in [5, 5.41) is 8.34. The third-order valence-electron chi connectivity index (χ3n) is 14.6. The molecule has 9 rings (SSSR count). The molecule has 0 spiro atoms. The molecule has 22 heteroatoms. The lowest BCUT2D eigenvalue weighted by Gasteiger charge is -2.24. The molecule has 3 N–H and O–H groups in total. The number of hydrogen-bond acceptors (Lipinski definition) is 14. The second-order valence-electron chi connectivity index (χ2n) is 20.4. The Bertz CT molecular complexity index is 3330. The number of rotatable bonds is 23. The fraction of sp³-hybridized carbons (Fsp3) is 0.350. The zero-order valence-corrected chi connectivity index (χ0v) is 49.3. The van der Waals surface area contributed by atoms with Gasteiger partial charge in [-0.15, -0.1) is 0 Å². The van der Waals surface area contributed by atoms with Crippen LogP contribution in [0.3, 0.4) is 0 Å². The molecule has 4 aromatic rings. The highest BCUT2D eigenvalue weighted by Gasteiger charge is 2.37. The van der Waals surface area contributed by atoms with Crippen LogP contribution in [0.4, 0.5) is 17.1 Å². The van der Waals surface area contributed by atoms with Crippen LogP contribution in [0.15, 0.2) is 104 Å². The fourth-order valence-corrected chi connectivity index (χ4v) is 10.8. The van der Waals surface area contributed by atoms with Crippen LogP contribution in [-0.4, -0.2) is 134 Å². The van der Waals surface area contributed by atoms with Gasteiger partial charge < -0.3 is 49.4 Å². The van der Waals surface area contributed by atoms with Crippen LogP contribution in [0.25, 0.3) is 11.1 Å². The highest BCUT2D eigenvalue weighted by molar-refractivity contribution is 9.14. The Morgan fingerprint density at radius 2 is 1.12 bits per heavy atom. The summed E-state index contributed by atoms with van der Waals surface area (Å²) in [5.41, 5.74) is 5.92. The van der Waals surface area contributed by atoms with Crippen LogP contribution in [0.2, 0.25) is 0 Å². The highest BCUT2D eigenvalue weighted by Crippen LogP contribution is 2.42. The van der Waals surface area contributed by atoms with Crippen LogP contribution >= 0.6 is 31.9 Å². The van der Waals surface area contributed by atoms with Crippen LogP contribution in [0.5, 0.6) is 28.7 Å². The fourth-order valence-electron chi connectivity index (χ4n) is 9.99. The Labute approximate surface area is 491 Å². The third kappa shape index (κ3) is 12.8. The van der Waals surface area contributed by atoms with Crippen molar-refractivity contribution in [1.82, 2.24) is 25.3 Å². The Kier molecular flexibility index (Phi) is 18.4. The molecule has 82 heavy (non-hydrogen) atoms. The number of hydrogen-bond donors (Lipinski definition) is 3. The molecular weight excluding hydrogens is 1180 g/mol. The number of fused-ring (bicyclic) bond motifs is 4. The predicted octanol–water partition coefficient (Wildman–Crippen LogP) is 9.02. The van der Waals surface area contributed by atoms with Gasteiger partial charge in [-0.05, 0) is 116 Å². The molecule has 0 fully saturated rings. The van der Waals surface area contributed by atoms with Crippen molar-refractivity contribution in [2.45, 2.75) is 89.9 Å². The molecule has 0 radical (unpaired) electrons. The maximum Gasteiger partial charge on any atom is 0.269 e. The monoisotopic (exact) mass is 1240 g/mol. The van der Waals surface area contributed by atoms with Crippen molar-refractivity contribution in [2.75, 3.05) is 46.4 Å². The van der Waals surface area contributed by atoms with Crippen molar-refractivity contribution in [1.29, 1.82) is 0 Å². The molecule has 5 aliphatic rings. The molecule has 20 nitrogen and oxygen atoms in total. The van der Waals surface area contributed by atoms with Gasteiger partial charge in [-0.1, -0.05) is 44.5 Å². The quantitative estimate of drug-likeness (QED) is 0.0466. The average molecular weight is 1250 g/mol. The van der Waals surface area contributed by atoms with Gasteiger partial charge in [0.05, 0.1) is 69.1 Å². The van der Waals surface area contributed by atoms with Crippen molar-refractivity contribution >= 4 is 114 Å². The Balaban J connectivity index is 0.734.